The van der Waals surface area contributed by atoms with E-state index in [1.165, 1.54) is 11.8 Å². The summed E-state index contributed by atoms with van der Waals surface area (Å²) in [5.41, 5.74) is 3.44. The van der Waals surface area contributed by atoms with Crippen LogP contribution in [0.2, 0.25) is 0 Å². The molecule has 0 fully saturated rings. The van der Waals surface area contributed by atoms with Crippen molar-refractivity contribution in [1.82, 2.24) is 20.1 Å². The van der Waals surface area contributed by atoms with E-state index in [2.05, 4.69) is 26.9 Å². The number of aromatic nitrogens is 3. The minimum atomic E-state index is -0.249. The number of thioether (sulfide) groups is 1. The van der Waals surface area contributed by atoms with Gasteiger partial charge >= 0.3 is 0 Å². The molecular weight excluding hydrogens is 442 g/mol. The molecule has 0 atom stereocenters. The standard InChI is InChI=1S/C23H25N5O4S/c1-4-28-20(11-24-22(30)16-5-6-18-19(10-16)32-13-31-18)26-27-23(28)33-12-21(29)25-17-8-14(2)7-15(3)9-17/h5-10H,4,11-13H2,1-3H3,(H,24,30)(H,25,29). The molecule has 2 amide bonds. The van der Waals surface area contributed by atoms with E-state index >= 15 is 0 Å². The highest BCUT2D eigenvalue weighted by Gasteiger charge is 2.18. The van der Waals surface area contributed by atoms with Gasteiger partial charge in [-0.3, -0.25) is 9.59 Å². The molecule has 0 unspecified atom stereocenters. The van der Waals surface area contributed by atoms with Gasteiger partial charge in [0.05, 0.1) is 12.3 Å². The van der Waals surface area contributed by atoms with Crippen LogP contribution in [0.4, 0.5) is 5.69 Å². The smallest absolute Gasteiger partial charge is 0.251 e. The number of fused-ring (bicyclic) bond motifs is 1. The molecule has 0 bridgehead atoms. The Labute approximate surface area is 195 Å². The summed E-state index contributed by atoms with van der Waals surface area (Å²) in [6.45, 7) is 6.93. The van der Waals surface area contributed by atoms with Gasteiger partial charge in [0.2, 0.25) is 12.7 Å². The quantitative estimate of drug-likeness (QED) is 0.490. The van der Waals surface area contributed by atoms with Crippen molar-refractivity contribution in [1.29, 1.82) is 0 Å². The summed E-state index contributed by atoms with van der Waals surface area (Å²) in [6.07, 6.45) is 0. The summed E-state index contributed by atoms with van der Waals surface area (Å²) in [6, 6.07) is 11.0. The summed E-state index contributed by atoms with van der Waals surface area (Å²) >= 11 is 1.31. The van der Waals surface area contributed by atoms with E-state index in [1.807, 2.05) is 37.5 Å². The zero-order chi connectivity index (χ0) is 23.4. The van der Waals surface area contributed by atoms with E-state index < -0.39 is 0 Å². The third kappa shape index (κ3) is 5.46. The molecule has 0 saturated heterocycles. The number of nitrogens with one attached hydrogen (secondary N) is 2. The number of nitrogens with zero attached hydrogens (tertiary/aromatic N) is 3. The monoisotopic (exact) mass is 467 g/mol. The molecule has 9 nitrogen and oxygen atoms in total. The molecule has 33 heavy (non-hydrogen) atoms. The molecule has 0 spiro atoms. The van der Waals surface area contributed by atoms with Crippen LogP contribution in [0, 0.1) is 13.8 Å². The maximum Gasteiger partial charge on any atom is 0.251 e. The molecule has 0 saturated carbocycles. The molecule has 1 aliphatic rings. The van der Waals surface area contributed by atoms with Crippen LogP contribution in [0.3, 0.4) is 0 Å². The fraction of sp³-hybridized carbons (Fsp3) is 0.304. The Morgan fingerprint density at radius 3 is 2.58 bits per heavy atom. The molecule has 10 heteroatoms. The average Bonchev–Trinajstić information content (AvgIpc) is 3.41. The Balaban J connectivity index is 1.33. The van der Waals surface area contributed by atoms with Gasteiger partial charge in [0, 0.05) is 17.8 Å². The molecule has 0 aliphatic carbocycles. The number of hydrogen-bond acceptors (Lipinski definition) is 7. The fourth-order valence-electron chi connectivity index (χ4n) is 3.55. The van der Waals surface area contributed by atoms with Gasteiger partial charge in [-0.05, 0) is 62.2 Å². The van der Waals surface area contributed by atoms with Crippen molar-refractivity contribution in [2.45, 2.75) is 39.0 Å². The second-order valence-corrected chi connectivity index (χ2v) is 8.55. The van der Waals surface area contributed by atoms with Crippen molar-refractivity contribution in [2.24, 2.45) is 0 Å². The third-order valence-electron chi connectivity index (χ3n) is 4.99. The first kappa shape index (κ1) is 22.7. The first-order valence-electron chi connectivity index (χ1n) is 10.5. The molecule has 2 aromatic carbocycles. The predicted octanol–water partition coefficient (Wildman–Crippen LogP) is 3.30. The second-order valence-electron chi connectivity index (χ2n) is 7.61. The Morgan fingerprint density at radius 2 is 1.82 bits per heavy atom. The predicted molar refractivity (Wildman–Crippen MR) is 125 cm³/mol. The summed E-state index contributed by atoms with van der Waals surface area (Å²) in [5.74, 6) is 1.63. The number of ether oxygens (including phenoxy) is 2. The minimum absolute atomic E-state index is 0.117. The van der Waals surface area contributed by atoms with Gasteiger partial charge in [0.15, 0.2) is 22.5 Å². The Hall–Kier alpha value is -3.53. The molecule has 2 N–H and O–H groups in total. The Morgan fingerprint density at radius 1 is 1.06 bits per heavy atom. The van der Waals surface area contributed by atoms with Gasteiger partial charge in [0.25, 0.3) is 5.91 Å². The van der Waals surface area contributed by atoms with Crippen molar-refractivity contribution < 1.29 is 19.1 Å². The summed E-state index contributed by atoms with van der Waals surface area (Å²) < 4.78 is 12.5. The van der Waals surface area contributed by atoms with Gasteiger partial charge in [-0.1, -0.05) is 17.8 Å². The van der Waals surface area contributed by atoms with Crippen LogP contribution in [0.5, 0.6) is 11.5 Å². The molecule has 0 radical (unpaired) electrons. The largest absolute Gasteiger partial charge is 0.454 e. The average molecular weight is 468 g/mol. The maximum absolute atomic E-state index is 12.5. The van der Waals surface area contributed by atoms with Crippen molar-refractivity contribution in [2.75, 3.05) is 17.9 Å². The normalized spacial score (nSPS) is 12.0. The van der Waals surface area contributed by atoms with E-state index in [-0.39, 0.29) is 30.9 Å². The Bertz CT molecular complexity index is 1170. The van der Waals surface area contributed by atoms with Crippen LogP contribution < -0.4 is 20.1 Å². The van der Waals surface area contributed by atoms with E-state index in [4.69, 9.17) is 9.47 Å². The van der Waals surface area contributed by atoms with Crippen LogP contribution in [-0.4, -0.2) is 39.1 Å². The van der Waals surface area contributed by atoms with Gasteiger partial charge in [-0.15, -0.1) is 10.2 Å². The van der Waals surface area contributed by atoms with Crippen LogP contribution in [0.25, 0.3) is 0 Å². The molecular formula is C23H25N5O4S. The van der Waals surface area contributed by atoms with E-state index in [0.29, 0.717) is 34.6 Å². The third-order valence-corrected chi connectivity index (χ3v) is 5.96. The molecule has 1 aliphatic heterocycles. The molecule has 2 heterocycles. The second kappa shape index (κ2) is 9.95. The van der Waals surface area contributed by atoms with Gasteiger partial charge in [0.1, 0.15) is 0 Å². The van der Waals surface area contributed by atoms with Crippen LogP contribution in [0.1, 0.15) is 34.2 Å². The summed E-state index contributed by atoms with van der Waals surface area (Å²) in [7, 11) is 0. The maximum atomic E-state index is 12.5. The van der Waals surface area contributed by atoms with Crippen LogP contribution in [0.15, 0.2) is 41.6 Å². The lowest BCUT2D eigenvalue weighted by atomic mass is 10.1. The van der Waals surface area contributed by atoms with Crippen LogP contribution >= 0.6 is 11.8 Å². The zero-order valence-corrected chi connectivity index (χ0v) is 19.5. The molecule has 172 valence electrons. The van der Waals surface area contributed by atoms with Gasteiger partial charge < -0.3 is 24.7 Å². The minimum Gasteiger partial charge on any atom is -0.454 e. The highest BCUT2D eigenvalue weighted by Crippen LogP contribution is 2.32. The van der Waals surface area contributed by atoms with Gasteiger partial charge in [-0.25, -0.2) is 0 Å². The SMILES string of the molecule is CCn1c(CNC(=O)c2ccc3c(c2)OCO3)nnc1SCC(=O)Nc1cc(C)cc(C)c1. The lowest BCUT2D eigenvalue weighted by Crippen LogP contribution is -2.24. The Kier molecular flexibility index (Phi) is 6.83. The molecule has 4 rings (SSSR count). The lowest BCUT2D eigenvalue weighted by molar-refractivity contribution is -0.113. The van der Waals surface area contributed by atoms with E-state index in [9.17, 15) is 9.59 Å². The van der Waals surface area contributed by atoms with Crippen LogP contribution in [-0.2, 0) is 17.9 Å². The summed E-state index contributed by atoms with van der Waals surface area (Å²) in [4.78, 5) is 24.9. The number of anilines is 1. The first-order valence-corrected chi connectivity index (χ1v) is 11.5. The number of carbonyl (C=O) groups excluding carboxylic acids is 2. The highest BCUT2D eigenvalue weighted by atomic mass is 32.2. The van der Waals surface area contributed by atoms with Crippen molar-refractivity contribution in [3.05, 3.63) is 58.9 Å². The number of benzene rings is 2. The van der Waals surface area contributed by atoms with Crippen molar-refractivity contribution in [3.63, 3.8) is 0 Å². The lowest BCUT2D eigenvalue weighted by Gasteiger charge is -2.09. The van der Waals surface area contributed by atoms with E-state index in [0.717, 1.165) is 16.8 Å². The van der Waals surface area contributed by atoms with Gasteiger partial charge in [-0.2, -0.15) is 0 Å². The first-order chi connectivity index (χ1) is 15.9. The van der Waals surface area contributed by atoms with E-state index in [1.54, 1.807) is 18.2 Å². The fourth-order valence-corrected chi connectivity index (χ4v) is 4.37. The zero-order valence-electron chi connectivity index (χ0n) is 18.7. The summed E-state index contributed by atoms with van der Waals surface area (Å²) in [5, 5.41) is 14.8. The molecule has 3 aromatic rings. The number of hydrogen-bond donors (Lipinski definition) is 2. The van der Waals surface area contributed by atoms with Crippen molar-refractivity contribution >= 4 is 29.3 Å². The van der Waals surface area contributed by atoms with Crippen molar-refractivity contribution in [3.8, 4) is 11.5 Å². The number of carbonyl (C=O) groups is 2. The highest BCUT2D eigenvalue weighted by molar-refractivity contribution is 7.99. The topological polar surface area (TPSA) is 107 Å². The number of rotatable bonds is 8. The number of amides is 2. The number of aryl methyl sites for hydroxylation is 2. The molecule has 1 aromatic heterocycles.